The molecule has 1 N–H and O–H groups in total. The fraction of sp³-hybridized carbons (Fsp3) is 0.667. The molecule has 0 aromatic carbocycles. The SMILES string of the molecule is CCC1COCCN1C(=O)CC(O)(c1ccc(C)o1)C(F)(F)F. The number of alkyl halides is 3. The molecule has 5 nitrogen and oxygen atoms in total. The summed E-state index contributed by atoms with van der Waals surface area (Å²) < 4.78 is 50.4. The molecule has 1 fully saturated rings. The van der Waals surface area contributed by atoms with Gasteiger partial charge in [0.2, 0.25) is 11.5 Å². The van der Waals surface area contributed by atoms with Crippen LogP contribution in [-0.2, 0) is 15.1 Å². The molecule has 2 heterocycles. The Bertz CT molecular complexity index is 557. The van der Waals surface area contributed by atoms with Crippen molar-refractivity contribution in [1.29, 1.82) is 0 Å². The predicted molar refractivity (Wildman–Crippen MR) is 74.6 cm³/mol. The van der Waals surface area contributed by atoms with Crippen molar-refractivity contribution in [3.63, 3.8) is 0 Å². The van der Waals surface area contributed by atoms with Crippen molar-refractivity contribution in [3.05, 3.63) is 23.7 Å². The van der Waals surface area contributed by atoms with Crippen LogP contribution in [0, 0.1) is 6.92 Å². The van der Waals surface area contributed by atoms with Gasteiger partial charge in [-0.25, -0.2) is 0 Å². The quantitative estimate of drug-likeness (QED) is 0.918. The zero-order valence-corrected chi connectivity index (χ0v) is 13.0. The molecule has 0 radical (unpaired) electrons. The van der Waals surface area contributed by atoms with Gasteiger partial charge in [0, 0.05) is 6.54 Å². The summed E-state index contributed by atoms with van der Waals surface area (Å²) in [6.45, 7) is 4.06. The lowest BCUT2D eigenvalue weighted by molar-refractivity contribution is -0.274. The van der Waals surface area contributed by atoms with Crippen LogP contribution in [0.5, 0.6) is 0 Å². The van der Waals surface area contributed by atoms with Gasteiger partial charge < -0.3 is 19.2 Å². The lowest BCUT2D eigenvalue weighted by Crippen LogP contribution is -2.52. The molecular weight excluding hydrogens is 315 g/mol. The van der Waals surface area contributed by atoms with E-state index in [0.717, 1.165) is 6.07 Å². The number of morpholine rings is 1. The Morgan fingerprint density at radius 3 is 2.65 bits per heavy atom. The van der Waals surface area contributed by atoms with E-state index < -0.39 is 29.9 Å². The zero-order chi connectivity index (χ0) is 17.3. The van der Waals surface area contributed by atoms with Crippen molar-refractivity contribution in [3.8, 4) is 0 Å². The minimum atomic E-state index is -5.03. The zero-order valence-electron chi connectivity index (χ0n) is 13.0. The van der Waals surface area contributed by atoms with Gasteiger partial charge >= 0.3 is 6.18 Å². The van der Waals surface area contributed by atoms with Crippen molar-refractivity contribution in [2.24, 2.45) is 0 Å². The number of ether oxygens (including phenoxy) is 1. The molecule has 1 amide bonds. The summed E-state index contributed by atoms with van der Waals surface area (Å²) in [6.07, 6.45) is -5.57. The lowest BCUT2D eigenvalue weighted by Gasteiger charge is -2.37. The number of aryl methyl sites for hydroxylation is 1. The Morgan fingerprint density at radius 1 is 1.43 bits per heavy atom. The van der Waals surface area contributed by atoms with Crippen LogP contribution in [0.4, 0.5) is 13.2 Å². The van der Waals surface area contributed by atoms with Crippen molar-refractivity contribution in [2.75, 3.05) is 19.8 Å². The molecule has 1 aromatic rings. The van der Waals surface area contributed by atoms with Crippen molar-refractivity contribution < 1.29 is 32.2 Å². The highest BCUT2D eigenvalue weighted by Crippen LogP contribution is 2.42. The second-order valence-corrected chi connectivity index (χ2v) is 5.67. The number of hydrogen-bond donors (Lipinski definition) is 1. The van der Waals surface area contributed by atoms with Crippen LogP contribution in [0.25, 0.3) is 0 Å². The molecule has 0 spiro atoms. The van der Waals surface area contributed by atoms with Crippen molar-refractivity contribution in [1.82, 2.24) is 4.90 Å². The lowest BCUT2D eigenvalue weighted by atomic mass is 9.94. The summed E-state index contributed by atoms with van der Waals surface area (Å²) in [6, 6.07) is 2.08. The minimum Gasteiger partial charge on any atom is -0.463 e. The first-order chi connectivity index (χ1) is 10.7. The van der Waals surface area contributed by atoms with Gasteiger partial charge in [0.05, 0.1) is 25.7 Å². The second-order valence-electron chi connectivity index (χ2n) is 5.67. The van der Waals surface area contributed by atoms with E-state index in [2.05, 4.69) is 0 Å². The number of carbonyl (C=O) groups is 1. The van der Waals surface area contributed by atoms with Crippen LogP contribution in [0.15, 0.2) is 16.5 Å². The van der Waals surface area contributed by atoms with E-state index in [4.69, 9.17) is 9.15 Å². The molecule has 1 aliphatic heterocycles. The molecule has 2 unspecified atom stereocenters. The van der Waals surface area contributed by atoms with E-state index >= 15 is 0 Å². The standard InChI is InChI=1S/C15H20F3NO4/c1-3-11-9-22-7-6-19(11)13(20)8-14(21,15(16,17)18)12-5-4-10(2)23-12/h4-5,11,21H,3,6-9H2,1-2H3. The van der Waals surface area contributed by atoms with Crippen molar-refractivity contribution in [2.45, 2.75) is 44.5 Å². The molecule has 130 valence electrons. The van der Waals surface area contributed by atoms with Crippen LogP contribution >= 0.6 is 0 Å². The monoisotopic (exact) mass is 335 g/mol. The molecule has 1 saturated heterocycles. The van der Waals surface area contributed by atoms with Crippen LogP contribution in [0.2, 0.25) is 0 Å². The molecular formula is C15H20F3NO4. The minimum absolute atomic E-state index is 0.211. The Balaban J connectivity index is 2.26. The van der Waals surface area contributed by atoms with Crippen LogP contribution in [0.3, 0.4) is 0 Å². The number of amides is 1. The van der Waals surface area contributed by atoms with E-state index in [9.17, 15) is 23.1 Å². The molecule has 0 saturated carbocycles. The first-order valence-corrected chi connectivity index (χ1v) is 7.42. The summed E-state index contributed by atoms with van der Waals surface area (Å²) in [7, 11) is 0. The van der Waals surface area contributed by atoms with E-state index in [1.54, 1.807) is 0 Å². The Hall–Kier alpha value is -1.54. The summed E-state index contributed by atoms with van der Waals surface area (Å²) in [5, 5.41) is 10.2. The van der Waals surface area contributed by atoms with Gasteiger partial charge in [0.15, 0.2) is 0 Å². The third kappa shape index (κ3) is 3.53. The third-order valence-electron chi connectivity index (χ3n) is 4.04. The number of aliphatic hydroxyl groups is 1. The average Bonchev–Trinajstić information content (AvgIpc) is 2.93. The highest BCUT2D eigenvalue weighted by molar-refractivity contribution is 5.78. The highest BCUT2D eigenvalue weighted by atomic mass is 19.4. The molecule has 2 rings (SSSR count). The highest BCUT2D eigenvalue weighted by Gasteiger charge is 2.59. The van der Waals surface area contributed by atoms with Crippen LogP contribution in [0.1, 0.15) is 31.3 Å². The topological polar surface area (TPSA) is 62.9 Å². The average molecular weight is 335 g/mol. The predicted octanol–water partition coefficient (Wildman–Crippen LogP) is 2.37. The maximum Gasteiger partial charge on any atom is 0.425 e. The Labute approximate surface area is 132 Å². The summed E-state index contributed by atoms with van der Waals surface area (Å²) in [5.74, 6) is -1.21. The largest absolute Gasteiger partial charge is 0.463 e. The van der Waals surface area contributed by atoms with Crippen molar-refractivity contribution >= 4 is 5.91 Å². The molecule has 0 aliphatic carbocycles. The van der Waals surface area contributed by atoms with E-state index in [-0.39, 0.29) is 31.6 Å². The normalized spacial score (nSPS) is 22.0. The smallest absolute Gasteiger partial charge is 0.425 e. The van der Waals surface area contributed by atoms with Crippen LogP contribution in [-0.4, -0.2) is 47.9 Å². The molecule has 2 atom stereocenters. The number of carbonyl (C=O) groups excluding carboxylic acids is 1. The van der Waals surface area contributed by atoms with Gasteiger partial charge in [-0.3, -0.25) is 4.79 Å². The third-order valence-corrected chi connectivity index (χ3v) is 4.04. The second kappa shape index (κ2) is 6.52. The number of hydrogen-bond acceptors (Lipinski definition) is 4. The number of furan rings is 1. The number of nitrogens with zero attached hydrogens (tertiary/aromatic N) is 1. The Morgan fingerprint density at radius 2 is 2.13 bits per heavy atom. The first-order valence-electron chi connectivity index (χ1n) is 7.42. The van der Waals surface area contributed by atoms with E-state index in [1.807, 2.05) is 6.92 Å². The molecule has 1 aromatic heterocycles. The molecule has 0 bridgehead atoms. The van der Waals surface area contributed by atoms with E-state index in [0.29, 0.717) is 6.42 Å². The summed E-state index contributed by atoms with van der Waals surface area (Å²) in [5.41, 5.74) is -3.34. The fourth-order valence-electron chi connectivity index (χ4n) is 2.63. The van der Waals surface area contributed by atoms with Gasteiger partial charge in [-0.2, -0.15) is 13.2 Å². The van der Waals surface area contributed by atoms with Gasteiger partial charge in [-0.15, -0.1) is 0 Å². The summed E-state index contributed by atoms with van der Waals surface area (Å²) in [4.78, 5) is 13.7. The van der Waals surface area contributed by atoms with Gasteiger partial charge in [-0.1, -0.05) is 6.92 Å². The molecule has 1 aliphatic rings. The molecule has 23 heavy (non-hydrogen) atoms. The number of halogens is 3. The van der Waals surface area contributed by atoms with Gasteiger partial charge in [0.25, 0.3) is 0 Å². The first kappa shape index (κ1) is 17.8. The van der Waals surface area contributed by atoms with Gasteiger partial charge in [-0.05, 0) is 25.5 Å². The fourth-order valence-corrected chi connectivity index (χ4v) is 2.63. The van der Waals surface area contributed by atoms with Gasteiger partial charge in [0.1, 0.15) is 11.5 Å². The van der Waals surface area contributed by atoms with E-state index in [1.165, 1.54) is 17.9 Å². The Kier molecular flexibility index (Phi) is 5.05. The molecule has 8 heteroatoms. The summed E-state index contributed by atoms with van der Waals surface area (Å²) >= 11 is 0. The number of rotatable bonds is 4. The van der Waals surface area contributed by atoms with Crippen LogP contribution < -0.4 is 0 Å². The maximum atomic E-state index is 13.4. The maximum absolute atomic E-state index is 13.4.